The van der Waals surface area contributed by atoms with Crippen LogP contribution in [0.3, 0.4) is 0 Å². The number of ether oxygens (including phenoxy) is 8. The zero-order valence-electron chi connectivity index (χ0n) is 28.6. The Morgan fingerprint density at radius 2 is 1.22 bits per heavy atom. The Bertz CT molecular complexity index is 1800. The molecule has 0 unspecified atom stereocenters. The van der Waals surface area contributed by atoms with Gasteiger partial charge in [0, 0.05) is 36.4 Å². The van der Waals surface area contributed by atoms with Crippen molar-refractivity contribution in [3.05, 3.63) is 76.6 Å². The van der Waals surface area contributed by atoms with Crippen LogP contribution in [0.5, 0.6) is 28.7 Å². The minimum atomic E-state index is -0.749. The summed E-state index contributed by atoms with van der Waals surface area (Å²) in [5.41, 5.74) is 3.12. The average Bonchev–Trinajstić information content (AvgIpc) is 3.49. The van der Waals surface area contributed by atoms with Gasteiger partial charge in [-0.2, -0.15) is 0 Å². The second-order valence-electron chi connectivity index (χ2n) is 10.6. The van der Waals surface area contributed by atoms with E-state index in [-0.39, 0.29) is 48.2 Å². The van der Waals surface area contributed by atoms with Crippen LogP contribution in [0.2, 0.25) is 0 Å². The number of methoxy groups -OCH3 is 7. The Kier molecular flexibility index (Phi) is 12.5. The molecule has 0 amide bonds. The van der Waals surface area contributed by atoms with Crippen LogP contribution in [-0.2, 0) is 40.4 Å². The zero-order valence-corrected chi connectivity index (χ0v) is 28.6. The normalized spacial score (nSPS) is 10.8. The lowest BCUT2D eigenvalue weighted by atomic mass is 9.91. The smallest absolute Gasteiger partial charge is 0.355 e. The Hall–Kier alpha value is -5.24. The minimum absolute atomic E-state index is 0.0182. The Labute approximate surface area is 284 Å². The van der Waals surface area contributed by atoms with Crippen LogP contribution in [0.4, 0.5) is 0 Å². The minimum Gasteiger partial charge on any atom is -0.493 e. The monoisotopic (exact) mass is 679 g/mol. The first-order chi connectivity index (χ1) is 23.7. The van der Waals surface area contributed by atoms with Crippen molar-refractivity contribution < 1.29 is 57.7 Å². The highest BCUT2D eigenvalue weighted by Gasteiger charge is 2.35. The molecule has 0 bridgehead atoms. The highest BCUT2D eigenvalue weighted by molar-refractivity contribution is 6.10. The van der Waals surface area contributed by atoms with E-state index in [0.29, 0.717) is 51.7 Å². The van der Waals surface area contributed by atoms with Gasteiger partial charge < -0.3 is 52.7 Å². The van der Waals surface area contributed by atoms with E-state index in [4.69, 9.17) is 37.9 Å². The van der Waals surface area contributed by atoms with Crippen molar-refractivity contribution in [2.24, 2.45) is 0 Å². The lowest BCUT2D eigenvalue weighted by molar-refractivity contribution is 0.0513. The number of aromatic nitrogens is 1. The molecule has 262 valence electrons. The predicted molar refractivity (Wildman–Crippen MR) is 179 cm³/mol. The van der Waals surface area contributed by atoms with Crippen molar-refractivity contribution in [1.29, 1.82) is 0 Å². The van der Waals surface area contributed by atoms with Gasteiger partial charge in [0.15, 0.2) is 29.8 Å². The van der Waals surface area contributed by atoms with Gasteiger partial charge in [-0.05, 0) is 52.9 Å². The van der Waals surface area contributed by atoms with Crippen LogP contribution in [0.1, 0.15) is 37.7 Å². The second kappa shape index (κ2) is 16.7. The van der Waals surface area contributed by atoms with Gasteiger partial charge in [0.2, 0.25) is 0 Å². The van der Waals surface area contributed by atoms with Gasteiger partial charge in [-0.15, -0.1) is 0 Å². The summed E-state index contributed by atoms with van der Waals surface area (Å²) in [4.78, 5) is 27.8. The van der Waals surface area contributed by atoms with E-state index in [0.717, 1.165) is 5.56 Å². The third kappa shape index (κ3) is 7.43. The summed E-state index contributed by atoms with van der Waals surface area (Å²) in [6.45, 7) is -0.762. The van der Waals surface area contributed by atoms with E-state index in [9.17, 15) is 19.8 Å². The summed E-state index contributed by atoms with van der Waals surface area (Å²) in [5, 5.41) is 20.1. The topological polar surface area (TPSA) is 153 Å². The first kappa shape index (κ1) is 36.6. The molecule has 1 heterocycles. The maximum Gasteiger partial charge on any atom is 0.355 e. The molecule has 13 nitrogen and oxygen atoms in total. The molecule has 0 saturated carbocycles. The molecule has 13 heteroatoms. The first-order valence-electron chi connectivity index (χ1n) is 15.1. The fourth-order valence-electron chi connectivity index (χ4n) is 5.66. The van der Waals surface area contributed by atoms with Crippen LogP contribution in [0, 0.1) is 0 Å². The maximum absolute atomic E-state index is 13.9. The van der Waals surface area contributed by atoms with E-state index < -0.39 is 18.5 Å². The molecule has 0 saturated heterocycles. The molecule has 4 rings (SSSR count). The third-order valence-corrected chi connectivity index (χ3v) is 8.02. The summed E-state index contributed by atoms with van der Waals surface area (Å²) < 4.78 is 45.5. The highest BCUT2D eigenvalue weighted by Crippen LogP contribution is 2.48. The van der Waals surface area contributed by atoms with Crippen molar-refractivity contribution in [3.63, 3.8) is 0 Å². The fraction of sp³-hybridized carbons (Fsp3) is 0.333. The van der Waals surface area contributed by atoms with Gasteiger partial charge in [-0.1, -0.05) is 18.2 Å². The summed E-state index contributed by atoms with van der Waals surface area (Å²) in [6.07, 6.45) is 0.339. The van der Waals surface area contributed by atoms with Gasteiger partial charge in [0.1, 0.15) is 17.1 Å². The molecule has 0 aliphatic heterocycles. The average molecular weight is 680 g/mol. The Balaban J connectivity index is 2.16. The summed E-state index contributed by atoms with van der Waals surface area (Å²) in [6, 6.07) is 13.6. The van der Waals surface area contributed by atoms with E-state index in [1.54, 1.807) is 48.1 Å². The maximum atomic E-state index is 13.9. The number of aliphatic hydroxyl groups is 2. The Morgan fingerprint density at radius 1 is 0.633 bits per heavy atom. The molecule has 0 fully saturated rings. The van der Waals surface area contributed by atoms with Crippen molar-refractivity contribution >= 4 is 11.9 Å². The largest absolute Gasteiger partial charge is 0.493 e. The molecule has 3 aromatic carbocycles. The molecule has 0 atom stereocenters. The molecule has 0 spiro atoms. The van der Waals surface area contributed by atoms with Crippen molar-refractivity contribution in [2.45, 2.75) is 26.2 Å². The van der Waals surface area contributed by atoms with Crippen molar-refractivity contribution in [2.75, 3.05) is 56.6 Å². The first-order valence-corrected chi connectivity index (χ1v) is 15.1. The van der Waals surface area contributed by atoms with Crippen LogP contribution < -0.4 is 23.7 Å². The third-order valence-electron chi connectivity index (χ3n) is 8.02. The van der Waals surface area contributed by atoms with E-state index in [1.807, 2.05) is 12.1 Å². The van der Waals surface area contributed by atoms with Gasteiger partial charge in [-0.3, -0.25) is 0 Å². The predicted octanol–water partition coefficient (Wildman–Crippen LogP) is 4.64. The number of aliphatic hydroxyl groups excluding tert-OH is 2. The van der Waals surface area contributed by atoms with E-state index >= 15 is 0 Å². The number of rotatable bonds is 16. The molecule has 4 aromatic rings. The van der Waals surface area contributed by atoms with Gasteiger partial charge in [0.05, 0.1) is 55.9 Å². The molecule has 0 aliphatic rings. The second-order valence-corrected chi connectivity index (χ2v) is 10.6. The summed E-state index contributed by atoms with van der Waals surface area (Å²) in [5.74, 6) is 0.471. The van der Waals surface area contributed by atoms with Crippen LogP contribution in [0.25, 0.3) is 22.3 Å². The molecular weight excluding hydrogens is 638 g/mol. The molecule has 0 radical (unpaired) electrons. The summed E-state index contributed by atoms with van der Waals surface area (Å²) >= 11 is 0. The number of carbonyl (C=O) groups excluding carboxylic acids is 2. The number of hydrogen-bond acceptors (Lipinski definition) is 12. The number of benzene rings is 3. The molecular formula is C36H41NO12. The Morgan fingerprint density at radius 3 is 1.80 bits per heavy atom. The van der Waals surface area contributed by atoms with Crippen LogP contribution >= 0.6 is 0 Å². The molecule has 1 aromatic heterocycles. The van der Waals surface area contributed by atoms with Crippen molar-refractivity contribution in [3.8, 4) is 51.0 Å². The van der Waals surface area contributed by atoms with Crippen molar-refractivity contribution in [1.82, 2.24) is 4.57 Å². The number of hydrogen-bond donors (Lipinski definition) is 2. The molecule has 49 heavy (non-hydrogen) atoms. The number of aryl methyl sites for hydroxylation is 1. The number of nitrogens with zero attached hydrogens (tertiary/aromatic N) is 1. The highest BCUT2D eigenvalue weighted by atomic mass is 16.7. The van der Waals surface area contributed by atoms with Gasteiger partial charge >= 0.3 is 11.9 Å². The quantitative estimate of drug-likeness (QED) is 0.125. The standard InChI is InChI=1S/C36H41NO12/c1-42-20-49-27-17-30(46-5)29(45-4)16-25(27)32-31(22-9-10-23(18-38)24(15-22)19-39)33(35(40)47-6)37(34(32)36(41)48-7)13-12-21-8-11-26(43-2)28(14-21)44-3/h8-11,14-17,38-39H,12-13,18-20H2,1-7H3. The zero-order chi connectivity index (χ0) is 35.7. The number of esters is 2. The summed E-state index contributed by atoms with van der Waals surface area (Å²) in [7, 11) is 9.96. The SMILES string of the molecule is COCOc1cc(OC)c(OC)cc1-c1c(-c2ccc(CO)c(CO)c2)c(C(=O)OC)n(CCc2ccc(OC)c(OC)c2)c1C(=O)OC. The van der Waals surface area contributed by atoms with Crippen LogP contribution in [0.15, 0.2) is 48.5 Å². The molecule has 2 N–H and O–H groups in total. The molecule has 0 aliphatic carbocycles. The van der Waals surface area contributed by atoms with E-state index in [1.165, 1.54) is 42.7 Å². The fourth-order valence-corrected chi connectivity index (χ4v) is 5.66. The van der Waals surface area contributed by atoms with E-state index in [2.05, 4.69) is 0 Å². The number of carbonyl (C=O) groups is 2. The van der Waals surface area contributed by atoms with Gasteiger partial charge in [0.25, 0.3) is 0 Å². The van der Waals surface area contributed by atoms with Gasteiger partial charge in [-0.25, -0.2) is 9.59 Å². The van der Waals surface area contributed by atoms with Crippen LogP contribution in [-0.4, -0.2) is 83.3 Å². The lowest BCUT2D eigenvalue weighted by Gasteiger charge is -2.18. The lowest BCUT2D eigenvalue weighted by Crippen LogP contribution is -2.18.